The average molecular weight is 528 g/mol. The molecule has 192 valence electrons. The van der Waals surface area contributed by atoms with Gasteiger partial charge in [0.25, 0.3) is 0 Å². The minimum Gasteiger partial charge on any atom is -0.340 e. The molecule has 0 bridgehead atoms. The molecule has 3 rings (SSSR count). The first-order valence-electron chi connectivity index (χ1n) is 11.4. The number of carbonyl (C=O) groups excluding carboxylic acids is 1. The van der Waals surface area contributed by atoms with Crippen molar-refractivity contribution in [3.8, 4) is 0 Å². The monoisotopic (exact) mass is 527 g/mol. The molecule has 1 amide bonds. The van der Waals surface area contributed by atoms with Gasteiger partial charge in [-0.25, -0.2) is 12.8 Å². The number of nitrogens with zero attached hydrogens (tertiary/aromatic N) is 3. The number of carbonyl (C=O) groups is 1. The van der Waals surface area contributed by atoms with Crippen LogP contribution in [0.1, 0.15) is 39.5 Å². The van der Waals surface area contributed by atoms with E-state index in [1.54, 1.807) is 4.90 Å². The Labute approximate surface area is 202 Å². The van der Waals surface area contributed by atoms with Gasteiger partial charge in [0.2, 0.25) is 15.9 Å². The maximum atomic E-state index is 13.5. The van der Waals surface area contributed by atoms with Crippen molar-refractivity contribution in [2.24, 2.45) is 5.92 Å². The summed E-state index contributed by atoms with van der Waals surface area (Å²) in [5.41, 5.74) is 0. The first-order valence-corrected chi connectivity index (χ1v) is 13.2. The van der Waals surface area contributed by atoms with E-state index < -0.39 is 44.5 Å². The van der Waals surface area contributed by atoms with Gasteiger partial charge in [0, 0.05) is 44.2 Å². The second kappa shape index (κ2) is 10.7. The molecule has 1 aliphatic carbocycles. The molecule has 0 N–H and O–H groups in total. The molecule has 2 aliphatic rings. The number of sulfonamides is 1. The van der Waals surface area contributed by atoms with Gasteiger partial charge in [-0.05, 0) is 57.7 Å². The quantitative estimate of drug-likeness (QED) is 0.522. The molecule has 1 aromatic carbocycles. The van der Waals surface area contributed by atoms with Crippen molar-refractivity contribution in [1.29, 1.82) is 0 Å². The lowest BCUT2D eigenvalue weighted by atomic mass is 9.85. The van der Waals surface area contributed by atoms with Crippen molar-refractivity contribution < 1.29 is 30.8 Å². The highest BCUT2D eigenvalue weighted by Gasteiger charge is 2.43. The fourth-order valence-corrected chi connectivity index (χ4v) is 6.63. The van der Waals surface area contributed by atoms with Crippen LogP contribution >= 0.6 is 11.6 Å². The van der Waals surface area contributed by atoms with Gasteiger partial charge in [-0.1, -0.05) is 11.6 Å². The van der Waals surface area contributed by atoms with Crippen molar-refractivity contribution >= 4 is 27.5 Å². The Morgan fingerprint density at radius 3 is 2.21 bits per heavy atom. The number of hydrogen-bond acceptors (Lipinski definition) is 4. The van der Waals surface area contributed by atoms with E-state index in [2.05, 4.69) is 18.7 Å². The number of amides is 1. The Morgan fingerprint density at radius 2 is 1.71 bits per heavy atom. The van der Waals surface area contributed by atoms with Crippen molar-refractivity contribution in [1.82, 2.24) is 14.1 Å². The minimum absolute atomic E-state index is 0.0163. The van der Waals surface area contributed by atoms with Gasteiger partial charge in [0.05, 0.1) is 9.92 Å². The molecule has 0 aromatic heterocycles. The fourth-order valence-electron chi connectivity index (χ4n) is 4.69. The first kappa shape index (κ1) is 27.2. The van der Waals surface area contributed by atoms with E-state index in [4.69, 9.17) is 11.6 Å². The SMILES string of the molecule is CC(C)N1CCN(C(=O)[C@H]2CC[C@H](N(CC(F)(F)F)S(=O)(=O)c3ccc(F)c(Cl)c3)CC2)CC1. The number of piperazine rings is 1. The van der Waals surface area contributed by atoms with Crippen LogP contribution < -0.4 is 0 Å². The van der Waals surface area contributed by atoms with Crippen molar-refractivity contribution in [2.75, 3.05) is 32.7 Å². The Bertz CT molecular complexity index is 974. The van der Waals surface area contributed by atoms with Gasteiger partial charge in [-0.2, -0.15) is 17.5 Å². The van der Waals surface area contributed by atoms with Crippen LogP contribution in [0.2, 0.25) is 5.02 Å². The molecule has 2 fully saturated rings. The maximum Gasteiger partial charge on any atom is 0.402 e. The summed E-state index contributed by atoms with van der Waals surface area (Å²) < 4.78 is 80.1. The lowest BCUT2D eigenvalue weighted by Gasteiger charge is -2.40. The van der Waals surface area contributed by atoms with Gasteiger partial charge in [0.15, 0.2) is 0 Å². The standard InChI is InChI=1S/C22H30ClF4N3O3S/c1-15(2)28-9-11-29(12-10-28)21(31)16-3-5-17(6-4-16)30(14-22(25,26)27)34(32,33)18-7-8-20(24)19(23)13-18/h7-8,13,15-17H,3-6,9-12,14H2,1-2H3/t16-,17-. The topological polar surface area (TPSA) is 60.9 Å². The van der Waals surface area contributed by atoms with Crippen molar-refractivity contribution in [3.05, 3.63) is 29.0 Å². The van der Waals surface area contributed by atoms with Crippen molar-refractivity contribution in [3.63, 3.8) is 0 Å². The van der Waals surface area contributed by atoms with Crippen LogP contribution in [-0.4, -0.2) is 79.4 Å². The Hall–Kier alpha value is -1.43. The number of halogens is 5. The molecule has 0 spiro atoms. The zero-order valence-corrected chi connectivity index (χ0v) is 20.8. The van der Waals surface area contributed by atoms with Crippen LogP contribution in [-0.2, 0) is 14.8 Å². The minimum atomic E-state index is -4.76. The van der Waals surface area contributed by atoms with E-state index in [0.717, 1.165) is 31.3 Å². The van der Waals surface area contributed by atoms with Crippen LogP contribution in [0.5, 0.6) is 0 Å². The predicted octanol–water partition coefficient (Wildman–Crippen LogP) is 4.14. The summed E-state index contributed by atoms with van der Waals surface area (Å²) in [6.07, 6.45) is -3.89. The van der Waals surface area contributed by atoms with Gasteiger partial charge >= 0.3 is 6.18 Å². The molecule has 1 saturated carbocycles. The molecule has 0 atom stereocenters. The summed E-state index contributed by atoms with van der Waals surface area (Å²) in [5.74, 6) is -1.22. The normalized spacial score (nSPS) is 23.0. The van der Waals surface area contributed by atoms with Crippen molar-refractivity contribution in [2.45, 2.75) is 62.7 Å². The molecular formula is C22H30ClF4N3O3S. The molecule has 1 saturated heterocycles. The summed E-state index contributed by atoms with van der Waals surface area (Å²) in [7, 11) is -4.58. The Morgan fingerprint density at radius 1 is 1.12 bits per heavy atom. The lowest BCUT2D eigenvalue weighted by Crippen LogP contribution is -2.53. The van der Waals surface area contributed by atoms with E-state index in [9.17, 15) is 30.8 Å². The Balaban J connectivity index is 1.70. The average Bonchev–Trinajstić information content (AvgIpc) is 2.78. The van der Waals surface area contributed by atoms with E-state index >= 15 is 0 Å². The second-order valence-electron chi connectivity index (χ2n) is 9.20. The Kier molecular flexibility index (Phi) is 8.53. The molecule has 12 heteroatoms. The number of hydrogen-bond donors (Lipinski definition) is 0. The zero-order valence-electron chi connectivity index (χ0n) is 19.2. The molecule has 34 heavy (non-hydrogen) atoms. The third-order valence-corrected chi connectivity index (χ3v) is 8.83. The summed E-state index contributed by atoms with van der Waals surface area (Å²) in [5, 5.41) is -0.486. The van der Waals surface area contributed by atoms with E-state index in [1.807, 2.05) is 0 Å². The highest BCUT2D eigenvalue weighted by atomic mass is 35.5. The van der Waals surface area contributed by atoms with Crippen LogP contribution in [0.4, 0.5) is 17.6 Å². The number of alkyl halides is 3. The molecule has 6 nitrogen and oxygen atoms in total. The second-order valence-corrected chi connectivity index (χ2v) is 11.5. The van der Waals surface area contributed by atoms with E-state index in [1.165, 1.54) is 0 Å². The van der Waals surface area contributed by atoms with Gasteiger partial charge in [-0.15, -0.1) is 0 Å². The number of benzene rings is 1. The van der Waals surface area contributed by atoms with Gasteiger partial charge < -0.3 is 4.90 Å². The smallest absolute Gasteiger partial charge is 0.340 e. The van der Waals surface area contributed by atoms with Crippen LogP contribution in [0.15, 0.2) is 23.1 Å². The highest BCUT2D eigenvalue weighted by Crippen LogP contribution is 2.35. The molecule has 0 unspecified atom stereocenters. The van der Waals surface area contributed by atoms with E-state index in [0.29, 0.717) is 36.3 Å². The zero-order chi connectivity index (χ0) is 25.3. The lowest BCUT2D eigenvalue weighted by molar-refractivity contribution is -0.144. The molecular weight excluding hydrogens is 498 g/mol. The van der Waals surface area contributed by atoms with Gasteiger partial charge in [0.1, 0.15) is 12.4 Å². The maximum absolute atomic E-state index is 13.5. The molecule has 1 aromatic rings. The summed E-state index contributed by atoms with van der Waals surface area (Å²) >= 11 is 5.67. The third-order valence-electron chi connectivity index (χ3n) is 6.64. The molecule has 0 radical (unpaired) electrons. The summed E-state index contributed by atoms with van der Waals surface area (Å²) in [6.45, 7) is 5.30. The summed E-state index contributed by atoms with van der Waals surface area (Å²) in [4.78, 5) is 16.6. The van der Waals surface area contributed by atoms with Crippen LogP contribution in [0.3, 0.4) is 0 Å². The number of rotatable bonds is 6. The van der Waals surface area contributed by atoms with Gasteiger partial charge in [-0.3, -0.25) is 9.69 Å². The molecule has 1 heterocycles. The largest absolute Gasteiger partial charge is 0.402 e. The highest BCUT2D eigenvalue weighted by molar-refractivity contribution is 7.89. The third kappa shape index (κ3) is 6.41. The molecule has 1 aliphatic heterocycles. The van der Waals surface area contributed by atoms with E-state index in [-0.39, 0.29) is 24.7 Å². The predicted molar refractivity (Wildman–Crippen MR) is 120 cm³/mol. The summed E-state index contributed by atoms with van der Waals surface area (Å²) in [6, 6.07) is 2.02. The first-order chi connectivity index (χ1) is 15.8. The van der Waals surface area contributed by atoms with Crippen LogP contribution in [0, 0.1) is 11.7 Å². The fraction of sp³-hybridized carbons (Fsp3) is 0.682. The van der Waals surface area contributed by atoms with Crippen LogP contribution in [0.25, 0.3) is 0 Å².